The number of amides is 2. The molecule has 2 amide bonds. The fourth-order valence-corrected chi connectivity index (χ4v) is 1.66. The molecular formula is C13H21N5O3. The summed E-state index contributed by atoms with van der Waals surface area (Å²) in [6.07, 6.45) is 1.81. The van der Waals surface area contributed by atoms with Crippen LogP contribution in [0.5, 0.6) is 0 Å². The van der Waals surface area contributed by atoms with Gasteiger partial charge in [-0.3, -0.25) is 10.1 Å². The molecule has 0 fully saturated rings. The summed E-state index contributed by atoms with van der Waals surface area (Å²) >= 11 is 0. The number of anilines is 1. The van der Waals surface area contributed by atoms with Gasteiger partial charge in [-0.1, -0.05) is 20.8 Å². The first-order chi connectivity index (χ1) is 9.97. The van der Waals surface area contributed by atoms with Gasteiger partial charge in [0.25, 0.3) is 5.95 Å². The first kappa shape index (κ1) is 16.8. The average molecular weight is 295 g/mol. The molecule has 0 radical (unpaired) electrons. The third-order valence-electron chi connectivity index (χ3n) is 3.02. The van der Waals surface area contributed by atoms with Crippen LogP contribution in [-0.4, -0.2) is 38.8 Å². The number of aromatic nitrogens is 3. The molecule has 0 saturated heterocycles. The zero-order valence-corrected chi connectivity index (χ0v) is 12.5. The van der Waals surface area contributed by atoms with Crippen molar-refractivity contribution < 1.29 is 14.7 Å². The predicted octanol–water partition coefficient (Wildman–Crippen LogP) is 1.23. The molecule has 1 unspecified atom stereocenters. The lowest BCUT2D eigenvalue weighted by atomic mass is 10.1. The van der Waals surface area contributed by atoms with Crippen molar-refractivity contribution in [2.45, 2.75) is 40.0 Å². The van der Waals surface area contributed by atoms with Crippen LogP contribution in [0.15, 0.2) is 0 Å². The van der Waals surface area contributed by atoms with Gasteiger partial charge in [-0.05, 0) is 19.3 Å². The Morgan fingerprint density at radius 3 is 2.43 bits per heavy atom. The molecule has 3 N–H and O–H groups in total. The van der Waals surface area contributed by atoms with E-state index in [-0.39, 0.29) is 12.5 Å². The number of carbonyl (C=O) groups excluding carboxylic acids is 1. The zero-order chi connectivity index (χ0) is 15.8. The number of aliphatic carboxylic acids is 1. The van der Waals surface area contributed by atoms with Crippen LogP contribution in [0, 0.1) is 5.92 Å². The zero-order valence-electron chi connectivity index (χ0n) is 12.5. The van der Waals surface area contributed by atoms with E-state index < -0.39 is 17.9 Å². The summed E-state index contributed by atoms with van der Waals surface area (Å²) in [7, 11) is 0. The summed E-state index contributed by atoms with van der Waals surface area (Å²) in [5.74, 6) is -1.24. The smallest absolute Gasteiger partial charge is 0.321 e. The highest BCUT2D eigenvalue weighted by atomic mass is 16.4. The number of aryl methyl sites for hydroxylation is 2. The van der Waals surface area contributed by atoms with Gasteiger partial charge >= 0.3 is 12.0 Å². The minimum absolute atomic E-state index is 0.146. The summed E-state index contributed by atoms with van der Waals surface area (Å²) in [5, 5.41) is 21.6. The molecule has 1 rings (SSSR count). The number of nitrogens with one attached hydrogen (secondary N) is 2. The maximum absolute atomic E-state index is 11.6. The number of carboxylic acids is 1. The van der Waals surface area contributed by atoms with Crippen molar-refractivity contribution in [3.63, 3.8) is 0 Å². The largest absolute Gasteiger partial charge is 0.481 e. The summed E-state index contributed by atoms with van der Waals surface area (Å²) in [6.45, 7) is 5.78. The minimum Gasteiger partial charge on any atom is -0.481 e. The number of carboxylic acid groups (broad SMARTS) is 1. The Morgan fingerprint density at radius 2 is 1.86 bits per heavy atom. The second-order valence-electron chi connectivity index (χ2n) is 4.64. The van der Waals surface area contributed by atoms with E-state index in [0.717, 1.165) is 17.8 Å². The highest BCUT2D eigenvalue weighted by molar-refractivity contribution is 5.87. The van der Waals surface area contributed by atoms with E-state index in [4.69, 9.17) is 5.11 Å². The van der Waals surface area contributed by atoms with Crippen LogP contribution >= 0.6 is 0 Å². The third kappa shape index (κ3) is 5.33. The molecule has 0 bridgehead atoms. The molecule has 0 saturated carbocycles. The molecule has 1 aromatic heterocycles. The molecule has 1 atom stereocenters. The lowest BCUT2D eigenvalue weighted by Gasteiger charge is -2.09. The van der Waals surface area contributed by atoms with E-state index in [1.807, 2.05) is 13.8 Å². The standard InChI is InChI=1S/C13H21N5O3/c1-4-9-10(5-2)17-18-12(15-9)16-13(21)14-7-6-8(3)11(19)20/h8H,4-7H2,1-3H3,(H,19,20)(H2,14,15,16,18,21). The Bertz CT molecular complexity index is 507. The second-order valence-corrected chi connectivity index (χ2v) is 4.64. The molecule has 8 heteroatoms. The molecule has 0 spiro atoms. The Hall–Kier alpha value is -2.25. The number of urea groups is 1. The molecule has 0 aliphatic heterocycles. The maximum atomic E-state index is 11.6. The Balaban J connectivity index is 2.49. The summed E-state index contributed by atoms with van der Waals surface area (Å²) in [5.41, 5.74) is 1.63. The first-order valence-electron chi connectivity index (χ1n) is 6.98. The van der Waals surface area contributed by atoms with Gasteiger partial charge in [0.2, 0.25) is 0 Å². The van der Waals surface area contributed by atoms with E-state index >= 15 is 0 Å². The van der Waals surface area contributed by atoms with Gasteiger partial charge in [-0.15, -0.1) is 10.2 Å². The van der Waals surface area contributed by atoms with Crippen molar-refractivity contribution in [3.05, 3.63) is 11.4 Å². The van der Waals surface area contributed by atoms with E-state index in [2.05, 4.69) is 25.8 Å². The summed E-state index contributed by atoms with van der Waals surface area (Å²) < 4.78 is 0. The number of nitrogens with zero attached hydrogens (tertiary/aromatic N) is 3. The minimum atomic E-state index is -0.882. The van der Waals surface area contributed by atoms with Gasteiger partial charge in [0, 0.05) is 6.54 Å². The Morgan fingerprint density at radius 1 is 1.19 bits per heavy atom. The fourth-order valence-electron chi connectivity index (χ4n) is 1.66. The summed E-state index contributed by atoms with van der Waals surface area (Å²) in [6, 6.07) is -0.472. The molecule has 0 aliphatic carbocycles. The van der Waals surface area contributed by atoms with Crippen LogP contribution in [0.4, 0.5) is 10.7 Å². The van der Waals surface area contributed by atoms with Crippen LogP contribution in [0.2, 0.25) is 0 Å². The summed E-state index contributed by atoms with van der Waals surface area (Å²) in [4.78, 5) is 26.5. The topological polar surface area (TPSA) is 117 Å². The quantitative estimate of drug-likeness (QED) is 0.696. The lowest BCUT2D eigenvalue weighted by molar-refractivity contribution is -0.141. The molecule has 21 heavy (non-hydrogen) atoms. The van der Waals surface area contributed by atoms with Crippen LogP contribution in [0.25, 0.3) is 0 Å². The highest BCUT2D eigenvalue weighted by Crippen LogP contribution is 2.06. The van der Waals surface area contributed by atoms with Crippen molar-refractivity contribution >= 4 is 17.9 Å². The Kier molecular flexibility index (Phi) is 6.51. The number of rotatable bonds is 7. The lowest BCUT2D eigenvalue weighted by Crippen LogP contribution is -2.32. The number of hydrogen-bond acceptors (Lipinski definition) is 5. The Labute approximate surface area is 123 Å². The van der Waals surface area contributed by atoms with Crippen molar-refractivity contribution in [2.24, 2.45) is 5.92 Å². The normalized spacial score (nSPS) is 11.8. The van der Waals surface area contributed by atoms with Crippen LogP contribution < -0.4 is 10.6 Å². The van der Waals surface area contributed by atoms with E-state index in [0.29, 0.717) is 12.8 Å². The molecule has 8 nitrogen and oxygen atoms in total. The molecule has 0 aliphatic rings. The number of carbonyl (C=O) groups is 2. The molecule has 1 aromatic rings. The van der Waals surface area contributed by atoms with Crippen molar-refractivity contribution in [3.8, 4) is 0 Å². The van der Waals surface area contributed by atoms with Gasteiger partial charge in [0.05, 0.1) is 17.3 Å². The molecule has 116 valence electrons. The van der Waals surface area contributed by atoms with Gasteiger partial charge in [-0.25, -0.2) is 9.78 Å². The highest BCUT2D eigenvalue weighted by Gasteiger charge is 2.12. The maximum Gasteiger partial charge on any atom is 0.321 e. The van der Waals surface area contributed by atoms with Crippen LogP contribution in [0.1, 0.15) is 38.6 Å². The van der Waals surface area contributed by atoms with Crippen molar-refractivity contribution in [2.75, 3.05) is 11.9 Å². The monoisotopic (exact) mass is 295 g/mol. The van der Waals surface area contributed by atoms with Gasteiger partial charge in [0.15, 0.2) is 0 Å². The van der Waals surface area contributed by atoms with E-state index in [1.165, 1.54) is 0 Å². The van der Waals surface area contributed by atoms with Gasteiger partial charge < -0.3 is 10.4 Å². The predicted molar refractivity (Wildman–Crippen MR) is 77.0 cm³/mol. The molecule has 0 aromatic carbocycles. The first-order valence-corrected chi connectivity index (χ1v) is 6.98. The van der Waals surface area contributed by atoms with Crippen molar-refractivity contribution in [1.29, 1.82) is 0 Å². The van der Waals surface area contributed by atoms with E-state index in [9.17, 15) is 9.59 Å². The van der Waals surface area contributed by atoms with Crippen LogP contribution in [0.3, 0.4) is 0 Å². The third-order valence-corrected chi connectivity index (χ3v) is 3.02. The van der Waals surface area contributed by atoms with Crippen molar-refractivity contribution in [1.82, 2.24) is 20.5 Å². The SMILES string of the molecule is CCc1nnc(NC(=O)NCCC(C)C(=O)O)nc1CC. The van der Waals surface area contributed by atoms with E-state index in [1.54, 1.807) is 6.92 Å². The molecular weight excluding hydrogens is 274 g/mol. The van der Waals surface area contributed by atoms with Gasteiger partial charge in [0.1, 0.15) is 0 Å². The fraction of sp³-hybridized carbons (Fsp3) is 0.615. The van der Waals surface area contributed by atoms with Gasteiger partial charge in [-0.2, -0.15) is 0 Å². The second kappa shape index (κ2) is 8.13. The molecule has 1 heterocycles. The number of hydrogen-bond donors (Lipinski definition) is 3. The average Bonchev–Trinajstić information content (AvgIpc) is 2.46. The van der Waals surface area contributed by atoms with Crippen LogP contribution in [-0.2, 0) is 17.6 Å².